The highest BCUT2D eigenvalue weighted by molar-refractivity contribution is 5.28. The highest BCUT2D eigenvalue weighted by Gasteiger charge is 2.15. The first-order valence-electron chi connectivity index (χ1n) is 6.32. The minimum atomic E-state index is 0.241. The van der Waals surface area contributed by atoms with Crippen LogP contribution in [0.4, 0.5) is 0 Å². The van der Waals surface area contributed by atoms with Crippen LogP contribution < -0.4 is 4.74 Å². The molecule has 0 unspecified atom stereocenters. The molecule has 1 aliphatic heterocycles. The minimum absolute atomic E-state index is 0.241. The molecule has 0 bridgehead atoms. The van der Waals surface area contributed by atoms with Gasteiger partial charge in [-0.3, -0.25) is 0 Å². The third kappa shape index (κ3) is 4.02. The van der Waals surface area contributed by atoms with Gasteiger partial charge in [0.15, 0.2) is 0 Å². The zero-order chi connectivity index (χ0) is 11.9. The largest absolute Gasteiger partial charge is 0.490 e. The molecule has 1 aliphatic rings. The number of hydrogen-bond donors (Lipinski definition) is 1. The van der Waals surface area contributed by atoms with Gasteiger partial charge in [-0.05, 0) is 30.5 Å². The minimum Gasteiger partial charge on any atom is -0.490 e. The van der Waals surface area contributed by atoms with E-state index >= 15 is 0 Å². The van der Waals surface area contributed by atoms with E-state index < -0.39 is 0 Å². The lowest BCUT2D eigenvalue weighted by Gasteiger charge is -2.23. The maximum Gasteiger partial charge on any atom is 0.119 e. The molecule has 0 aromatic heterocycles. The Labute approximate surface area is 102 Å². The third-order valence-corrected chi connectivity index (χ3v) is 2.99. The molecule has 1 fully saturated rings. The molecule has 3 heteroatoms. The molecule has 1 aromatic carbocycles. The van der Waals surface area contributed by atoms with E-state index in [4.69, 9.17) is 14.6 Å². The van der Waals surface area contributed by atoms with Crippen molar-refractivity contribution in [3.8, 4) is 5.75 Å². The molecule has 1 N–H and O–H groups in total. The molecule has 1 heterocycles. The maximum atomic E-state index is 8.81. The summed E-state index contributed by atoms with van der Waals surface area (Å²) in [6.45, 7) is 1.84. The molecule has 0 radical (unpaired) electrons. The van der Waals surface area contributed by atoms with E-state index in [1.165, 1.54) is 5.56 Å². The molecule has 0 amide bonds. The smallest absolute Gasteiger partial charge is 0.119 e. The summed E-state index contributed by atoms with van der Waals surface area (Å²) in [5.41, 5.74) is 1.23. The zero-order valence-corrected chi connectivity index (χ0v) is 10.1. The molecule has 2 rings (SSSR count). The van der Waals surface area contributed by atoms with Crippen LogP contribution in [0.5, 0.6) is 5.75 Å². The van der Waals surface area contributed by atoms with Gasteiger partial charge < -0.3 is 14.6 Å². The predicted molar refractivity (Wildman–Crippen MR) is 66.3 cm³/mol. The molecule has 0 saturated carbocycles. The van der Waals surface area contributed by atoms with Crippen LogP contribution >= 0.6 is 0 Å². The number of aliphatic hydroxyl groups is 1. The van der Waals surface area contributed by atoms with E-state index in [0.717, 1.165) is 44.6 Å². The van der Waals surface area contributed by atoms with Crippen molar-refractivity contribution in [3.63, 3.8) is 0 Å². The predicted octanol–water partition coefficient (Wildman–Crippen LogP) is 2.17. The van der Waals surface area contributed by atoms with Crippen LogP contribution in [-0.4, -0.2) is 31.0 Å². The van der Waals surface area contributed by atoms with Crippen LogP contribution in [0.3, 0.4) is 0 Å². The normalized spacial score (nSPS) is 17.0. The summed E-state index contributed by atoms with van der Waals surface area (Å²) in [4.78, 5) is 0. The first kappa shape index (κ1) is 12.4. The second-order valence-electron chi connectivity index (χ2n) is 4.40. The fraction of sp³-hybridized carbons (Fsp3) is 0.571. The van der Waals surface area contributed by atoms with E-state index in [2.05, 4.69) is 12.1 Å². The van der Waals surface area contributed by atoms with Crippen molar-refractivity contribution in [2.45, 2.75) is 31.8 Å². The number of aryl methyl sites for hydroxylation is 1. The van der Waals surface area contributed by atoms with Crippen molar-refractivity contribution in [2.24, 2.45) is 0 Å². The van der Waals surface area contributed by atoms with E-state index in [1.807, 2.05) is 12.1 Å². The highest BCUT2D eigenvalue weighted by atomic mass is 16.5. The second kappa shape index (κ2) is 6.62. The van der Waals surface area contributed by atoms with Crippen molar-refractivity contribution in [1.29, 1.82) is 0 Å². The van der Waals surface area contributed by atoms with Crippen LogP contribution in [0.1, 0.15) is 24.8 Å². The fourth-order valence-corrected chi connectivity index (χ4v) is 2.04. The Balaban J connectivity index is 1.90. The number of benzene rings is 1. The molecule has 3 nitrogen and oxygen atoms in total. The van der Waals surface area contributed by atoms with Gasteiger partial charge in [-0.1, -0.05) is 12.1 Å². The Hall–Kier alpha value is -1.06. The van der Waals surface area contributed by atoms with Gasteiger partial charge in [0.25, 0.3) is 0 Å². The quantitative estimate of drug-likeness (QED) is 0.851. The van der Waals surface area contributed by atoms with Crippen LogP contribution in [0.25, 0.3) is 0 Å². The van der Waals surface area contributed by atoms with Crippen LogP contribution in [0.2, 0.25) is 0 Å². The van der Waals surface area contributed by atoms with Gasteiger partial charge in [-0.2, -0.15) is 0 Å². The lowest BCUT2D eigenvalue weighted by molar-refractivity contribution is 0.0255. The van der Waals surface area contributed by atoms with Crippen LogP contribution in [0, 0.1) is 0 Å². The average Bonchev–Trinajstić information content (AvgIpc) is 2.38. The van der Waals surface area contributed by atoms with Gasteiger partial charge in [0.1, 0.15) is 11.9 Å². The van der Waals surface area contributed by atoms with Crippen molar-refractivity contribution in [3.05, 3.63) is 29.8 Å². The number of rotatable bonds is 5. The maximum absolute atomic E-state index is 8.81. The van der Waals surface area contributed by atoms with E-state index in [-0.39, 0.29) is 12.7 Å². The Kier molecular flexibility index (Phi) is 4.83. The lowest BCUT2D eigenvalue weighted by atomic mass is 10.1. The van der Waals surface area contributed by atoms with Crippen LogP contribution in [-0.2, 0) is 11.2 Å². The zero-order valence-electron chi connectivity index (χ0n) is 10.1. The molecule has 0 aliphatic carbocycles. The summed E-state index contributed by atoms with van der Waals surface area (Å²) >= 11 is 0. The molecule has 94 valence electrons. The van der Waals surface area contributed by atoms with E-state index in [0.29, 0.717) is 0 Å². The van der Waals surface area contributed by atoms with Crippen molar-refractivity contribution in [2.75, 3.05) is 19.8 Å². The Morgan fingerprint density at radius 2 is 2.12 bits per heavy atom. The summed E-state index contributed by atoms with van der Waals surface area (Å²) in [7, 11) is 0. The topological polar surface area (TPSA) is 38.7 Å². The van der Waals surface area contributed by atoms with E-state index in [9.17, 15) is 0 Å². The summed E-state index contributed by atoms with van der Waals surface area (Å²) < 4.78 is 11.2. The third-order valence-electron chi connectivity index (χ3n) is 2.99. The standard InChI is InChI=1S/C14H20O3/c15-8-2-4-12-3-1-5-14(11-12)17-13-6-9-16-10-7-13/h1,3,5,11,13,15H,2,4,6-10H2. The van der Waals surface area contributed by atoms with E-state index in [1.54, 1.807) is 0 Å². The number of ether oxygens (including phenoxy) is 2. The Morgan fingerprint density at radius 1 is 1.29 bits per heavy atom. The summed E-state index contributed by atoms with van der Waals surface area (Å²) in [5, 5.41) is 8.81. The van der Waals surface area contributed by atoms with Gasteiger partial charge >= 0.3 is 0 Å². The first-order chi connectivity index (χ1) is 8.38. The van der Waals surface area contributed by atoms with Gasteiger partial charge in [0, 0.05) is 19.4 Å². The Morgan fingerprint density at radius 3 is 2.88 bits per heavy atom. The monoisotopic (exact) mass is 236 g/mol. The fourth-order valence-electron chi connectivity index (χ4n) is 2.04. The molecule has 1 aromatic rings. The highest BCUT2D eigenvalue weighted by Crippen LogP contribution is 2.19. The summed E-state index contributed by atoms with van der Waals surface area (Å²) in [6.07, 6.45) is 3.95. The summed E-state index contributed by atoms with van der Waals surface area (Å²) in [6, 6.07) is 8.16. The molecular formula is C14H20O3. The molecule has 0 spiro atoms. The SMILES string of the molecule is OCCCc1cccc(OC2CCOCC2)c1. The van der Waals surface area contributed by atoms with Crippen molar-refractivity contribution < 1.29 is 14.6 Å². The van der Waals surface area contributed by atoms with Gasteiger partial charge in [-0.25, -0.2) is 0 Å². The average molecular weight is 236 g/mol. The molecule has 0 atom stereocenters. The molecule has 17 heavy (non-hydrogen) atoms. The number of hydrogen-bond acceptors (Lipinski definition) is 3. The van der Waals surface area contributed by atoms with Gasteiger partial charge in [-0.15, -0.1) is 0 Å². The van der Waals surface area contributed by atoms with Crippen LogP contribution in [0.15, 0.2) is 24.3 Å². The summed E-state index contributed by atoms with van der Waals surface area (Å²) in [5.74, 6) is 0.937. The first-order valence-corrected chi connectivity index (χ1v) is 6.32. The van der Waals surface area contributed by atoms with Crippen molar-refractivity contribution >= 4 is 0 Å². The lowest BCUT2D eigenvalue weighted by Crippen LogP contribution is -2.25. The molecular weight excluding hydrogens is 216 g/mol. The van der Waals surface area contributed by atoms with Gasteiger partial charge in [0.05, 0.1) is 13.2 Å². The second-order valence-corrected chi connectivity index (χ2v) is 4.40. The Bertz CT molecular complexity index is 332. The van der Waals surface area contributed by atoms with Crippen molar-refractivity contribution in [1.82, 2.24) is 0 Å². The number of aliphatic hydroxyl groups excluding tert-OH is 1. The molecule has 1 saturated heterocycles. The van der Waals surface area contributed by atoms with Gasteiger partial charge in [0.2, 0.25) is 0 Å².